The van der Waals surface area contributed by atoms with Crippen molar-refractivity contribution in [1.29, 1.82) is 0 Å². The van der Waals surface area contributed by atoms with E-state index < -0.39 is 17.6 Å². The van der Waals surface area contributed by atoms with Gasteiger partial charge in [0.05, 0.1) is 11.6 Å². The molecule has 180 valence electrons. The summed E-state index contributed by atoms with van der Waals surface area (Å²) in [4.78, 5) is 34.8. The number of aromatic nitrogens is 2. The summed E-state index contributed by atoms with van der Waals surface area (Å²) in [6, 6.07) is 7.29. The van der Waals surface area contributed by atoms with Crippen LogP contribution in [-0.4, -0.2) is 59.9 Å². The third-order valence-corrected chi connectivity index (χ3v) is 5.65. The van der Waals surface area contributed by atoms with Crippen LogP contribution >= 0.6 is 0 Å². The highest BCUT2D eigenvalue weighted by molar-refractivity contribution is 6.11. The zero-order valence-corrected chi connectivity index (χ0v) is 19.8. The summed E-state index contributed by atoms with van der Waals surface area (Å²) in [5.41, 5.74) is 6.10. The highest BCUT2D eigenvalue weighted by Crippen LogP contribution is 2.33. The van der Waals surface area contributed by atoms with Crippen LogP contribution in [-0.2, 0) is 9.47 Å². The molecule has 4 rings (SSSR count). The molecule has 9 heteroatoms. The van der Waals surface area contributed by atoms with Gasteiger partial charge in [-0.3, -0.25) is 9.78 Å². The van der Waals surface area contributed by atoms with Crippen LogP contribution in [0.3, 0.4) is 0 Å². The Morgan fingerprint density at radius 1 is 1.21 bits per heavy atom. The number of primary amides is 1. The highest BCUT2D eigenvalue weighted by atomic mass is 16.6. The third-order valence-electron chi connectivity index (χ3n) is 5.65. The molecule has 0 bridgehead atoms. The van der Waals surface area contributed by atoms with E-state index in [1.165, 1.54) is 0 Å². The summed E-state index contributed by atoms with van der Waals surface area (Å²) in [6.07, 6.45) is 4.84. The number of pyridine rings is 2. The number of nitrogens with two attached hydrogens (primary N) is 1. The van der Waals surface area contributed by atoms with Crippen LogP contribution in [0.15, 0.2) is 36.7 Å². The zero-order chi connectivity index (χ0) is 24.3. The number of rotatable bonds is 7. The Hall–Kier alpha value is -3.46. The Labute approximate surface area is 198 Å². The lowest BCUT2D eigenvalue weighted by molar-refractivity contribution is 0.0494. The highest BCUT2D eigenvalue weighted by Gasteiger charge is 2.26. The van der Waals surface area contributed by atoms with E-state index in [0.717, 1.165) is 34.9 Å². The summed E-state index contributed by atoms with van der Waals surface area (Å²) in [5, 5.41) is 5.67. The number of anilines is 1. The van der Waals surface area contributed by atoms with Crippen LogP contribution in [0.2, 0.25) is 0 Å². The van der Waals surface area contributed by atoms with Gasteiger partial charge in [0.1, 0.15) is 11.4 Å². The summed E-state index contributed by atoms with van der Waals surface area (Å²) < 4.78 is 11.3. The molecule has 2 aromatic heterocycles. The predicted molar refractivity (Wildman–Crippen MR) is 131 cm³/mol. The van der Waals surface area contributed by atoms with Gasteiger partial charge < -0.3 is 25.4 Å². The molecular formula is C25H31N5O4. The van der Waals surface area contributed by atoms with E-state index in [9.17, 15) is 9.59 Å². The summed E-state index contributed by atoms with van der Waals surface area (Å²) >= 11 is 0. The molecule has 34 heavy (non-hydrogen) atoms. The second-order valence-corrected chi connectivity index (χ2v) is 9.46. The van der Waals surface area contributed by atoms with Crippen molar-refractivity contribution in [3.8, 4) is 0 Å². The number of hydrogen-bond acceptors (Lipinski definition) is 7. The van der Waals surface area contributed by atoms with Crippen LogP contribution in [0.25, 0.3) is 21.7 Å². The molecule has 1 saturated heterocycles. The van der Waals surface area contributed by atoms with Gasteiger partial charge in [-0.2, -0.15) is 0 Å². The van der Waals surface area contributed by atoms with Crippen molar-refractivity contribution in [2.24, 2.45) is 5.73 Å². The van der Waals surface area contributed by atoms with E-state index in [1.807, 2.05) is 39.1 Å². The number of carbonyl (C=O) groups is 2. The zero-order valence-electron chi connectivity index (χ0n) is 19.8. The van der Waals surface area contributed by atoms with E-state index in [1.54, 1.807) is 18.3 Å². The van der Waals surface area contributed by atoms with Crippen molar-refractivity contribution in [2.75, 3.05) is 31.1 Å². The first-order chi connectivity index (χ1) is 16.2. The minimum atomic E-state index is -0.508. The first-order valence-electron chi connectivity index (χ1n) is 11.5. The number of nitrogens with one attached hydrogen (secondary N) is 1. The second kappa shape index (κ2) is 9.80. The predicted octanol–water partition coefficient (Wildman–Crippen LogP) is 3.39. The van der Waals surface area contributed by atoms with Crippen LogP contribution in [0.5, 0.6) is 0 Å². The Kier molecular flexibility index (Phi) is 6.83. The molecule has 3 aromatic rings. The fraction of sp³-hybridized carbons (Fsp3) is 0.440. The lowest BCUT2D eigenvalue weighted by Crippen LogP contribution is -2.33. The van der Waals surface area contributed by atoms with Gasteiger partial charge >= 0.3 is 6.09 Å². The lowest BCUT2D eigenvalue weighted by Gasteiger charge is -2.21. The number of alkyl carbamates (subject to hydrolysis) is 1. The smallest absolute Gasteiger partial charge is 0.407 e. The third kappa shape index (κ3) is 5.53. The first kappa shape index (κ1) is 23.7. The number of fused-ring (bicyclic) bond motifs is 3. The van der Waals surface area contributed by atoms with Crippen molar-refractivity contribution in [3.63, 3.8) is 0 Å². The molecule has 0 spiro atoms. The maximum absolute atomic E-state index is 11.7. The minimum Gasteiger partial charge on any atom is -0.444 e. The minimum absolute atomic E-state index is 0.0767. The van der Waals surface area contributed by atoms with Gasteiger partial charge in [-0.25, -0.2) is 9.78 Å². The summed E-state index contributed by atoms with van der Waals surface area (Å²) in [5.74, 6) is 0.372. The lowest BCUT2D eigenvalue weighted by atomic mass is 10.1. The van der Waals surface area contributed by atoms with E-state index >= 15 is 0 Å². The Morgan fingerprint density at radius 3 is 2.79 bits per heavy atom. The van der Waals surface area contributed by atoms with E-state index in [2.05, 4.69) is 15.2 Å². The normalized spacial score (nSPS) is 16.2. The molecule has 0 aliphatic carbocycles. The van der Waals surface area contributed by atoms with Crippen molar-refractivity contribution in [2.45, 2.75) is 45.3 Å². The Bertz CT molecular complexity index is 1210. The van der Waals surface area contributed by atoms with Crippen molar-refractivity contribution < 1.29 is 19.1 Å². The van der Waals surface area contributed by atoms with Gasteiger partial charge in [-0.05, 0) is 51.8 Å². The number of hydrogen-bond donors (Lipinski definition) is 2. The summed E-state index contributed by atoms with van der Waals surface area (Å²) in [7, 11) is 0. The molecule has 1 fully saturated rings. The monoisotopic (exact) mass is 465 g/mol. The van der Waals surface area contributed by atoms with Gasteiger partial charge in [0.25, 0.3) is 0 Å². The molecule has 9 nitrogen and oxygen atoms in total. The average Bonchev–Trinajstić information content (AvgIpc) is 3.25. The molecule has 1 aliphatic heterocycles. The van der Waals surface area contributed by atoms with Crippen LogP contribution in [0, 0.1) is 0 Å². The average molecular weight is 466 g/mol. The topological polar surface area (TPSA) is 120 Å². The fourth-order valence-corrected chi connectivity index (χ4v) is 4.11. The second-order valence-electron chi connectivity index (χ2n) is 9.46. The quantitative estimate of drug-likeness (QED) is 0.405. The molecule has 2 amide bonds. The van der Waals surface area contributed by atoms with Gasteiger partial charge in [0.15, 0.2) is 0 Å². The number of benzene rings is 1. The van der Waals surface area contributed by atoms with E-state index in [-0.39, 0.29) is 6.10 Å². The maximum Gasteiger partial charge on any atom is 0.407 e. The summed E-state index contributed by atoms with van der Waals surface area (Å²) in [6.45, 7) is 8.08. The van der Waals surface area contributed by atoms with Crippen LogP contribution in [0.4, 0.5) is 10.6 Å². The molecule has 0 radical (unpaired) electrons. The van der Waals surface area contributed by atoms with Gasteiger partial charge in [0, 0.05) is 60.4 Å². The number of nitrogens with zero attached hydrogens (tertiary/aromatic N) is 3. The van der Waals surface area contributed by atoms with Crippen molar-refractivity contribution >= 4 is 39.5 Å². The molecule has 1 atom stereocenters. The van der Waals surface area contributed by atoms with Crippen molar-refractivity contribution in [1.82, 2.24) is 15.3 Å². The molecule has 3 heterocycles. The first-order valence-corrected chi connectivity index (χ1v) is 11.5. The van der Waals surface area contributed by atoms with Crippen LogP contribution < -0.4 is 16.0 Å². The molecule has 0 unspecified atom stereocenters. The van der Waals surface area contributed by atoms with Gasteiger partial charge in [-0.1, -0.05) is 6.07 Å². The molecule has 3 N–H and O–H groups in total. The number of amides is 2. The molecule has 0 saturated carbocycles. The standard InChI is InChI=1S/C25H31N5O4/c1-25(2,3)34-24(32)28-9-4-12-33-17-8-11-30(15-17)23-19-7-10-27-14-20(19)18-6-5-16(22(26)31)13-21(18)29-23/h5-7,10,13-14,17H,4,8-9,11-12,15H2,1-3H3,(H2,26,31)(H,28,32)/t17-/m0/s1. The molecule has 1 aromatic carbocycles. The fourth-order valence-electron chi connectivity index (χ4n) is 4.11. The molecule has 1 aliphatic rings. The Balaban J connectivity index is 1.40. The largest absolute Gasteiger partial charge is 0.444 e. The number of carbonyl (C=O) groups excluding carboxylic acids is 2. The van der Waals surface area contributed by atoms with Gasteiger partial charge in [-0.15, -0.1) is 0 Å². The van der Waals surface area contributed by atoms with Crippen LogP contribution in [0.1, 0.15) is 44.0 Å². The maximum atomic E-state index is 11.7. The van der Waals surface area contributed by atoms with Gasteiger partial charge in [0.2, 0.25) is 5.91 Å². The van der Waals surface area contributed by atoms with Crippen molar-refractivity contribution in [3.05, 3.63) is 42.2 Å². The number of ether oxygens (including phenoxy) is 2. The molecular weight excluding hydrogens is 434 g/mol. The Morgan fingerprint density at radius 2 is 2.03 bits per heavy atom. The van der Waals surface area contributed by atoms with E-state index in [4.69, 9.17) is 20.2 Å². The SMILES string of the molecule is CC(C)(C)OC(=O)NCCCO[C@H]1CCN(c2nc3cc(C(N)=O)ccc3c3cnccc23)C1. The van der Waals surface area contributed by atoms with E-state index in [0.29, 0.717) is 37.2 Å².